The van der Waals surface area contributed by atoms with Gasteiger partial charge in [0.05, 0.1) is 24.1 Å². The van der Waals surface area contributed by atoms with Gasteiger partial charge in [-0.2, -0.15) is 18.3 Å². The van der Waals surface area contributed by atoms with E-state index in [9.17, 15) is 13.2 Å². The molecule has 0 amide bonds. The molecule has 0 fully saturated rings. The molecule has 0 bridgehead atoms. The molecule has 1 N–H and O–H groups in total. The van der Waals surface area contributed by atoms with Crippen molar-refractivity contribution in [2.75, 3.05) is 33.9 Å². The van der Waals surface area contributed by atoms with Gasteiger partial charge in [-0.1, -0.05) is 13.3 Å². The van der Waals surface area contributed by atoms with E-state index in [1.807, 2.05) is 7.05 Å². The Bertz CT molecular complexity index is 760. The Hall–Kier alpha value is -2.06. The number of nitrogens with zero attached hydrogens (tertiary/aromatic N) is 2. The van der Waals surface area contributed by atoms with Crippen molar-refractivity contribution >= 4 is 0 Å². The first-order chi connectivity index (χ1) is 13.3. The molecule has 156 valence electrons. The van der Waals surface area contributed by atoms with Crippen molar-refractivity contribution in [3.8, 4) is 16.9 Å². The molecule has 8 heteroatoms. The molecule has 28 heavy (non-hydrogen) atoms. The van der Waals surface area contributed by atoms with Crippen LogP contribution < -0.4 is 4.74 Å². The third-order valence-corrected chi connectivity index (χ3v) is 4.51. The quantitative estimate of drug-likeness (QED) is 0.591. The Kier molecular flexibility index (Phi) is 7.88. The molecule has 0 unspecified atom stereocenters. The Morgan fingerprint density at radius 3 is 2.57 bits per heavy atom. The van der Waals surface area contributed by atoms with Crippen LogP contribution in [0.25, 0.3) is 11.1 Å². The Balaban J connectivity index is 2.37. The highest BCUT2D eigenvalue weighted by Crippen LogP contribution is 2.41. The van der Waals surface area contributed by atoms with Gasteiger partial charge >= 0.3 is 6.18 Å². The molecule has 0 saturated heterocycles. The van der Waals surface area contributed by atoms with Gasteiger partial charge in [0.2, 0.25) is 0 Å². The molecular formula is C20H28F3N3O2. The molecule has 0 atom stereocenters. The molecule has 2 aromatic rings. The topological polar surface area (TPSA) is 50.4 Å². The first kappa shape index (κ1) is 22.2. The number of rotatable bonds is 10. The van der Waals surface area contributed by atoms with Crippen LogP contribution in [-0.4, -0.2) is 49.0 Å². The van der Waals surface area contributed by atoms with Crippen LogP contribution in [0.15, 0.2) is 18.3 Å². The van der Waals surface area contributed by atoms with E-state index < -0.39 is 11.7 Å². The lowest BCUT2D eigenvalue weighted by Gasteiger charge is -2.19. The molecule has 0 aliphatic carbocycles. The summed E-state index contributed by atoms with van der Waals surface area (Å²) in [6.07, 6.45) is -0.799. The molecule has 1 aromatic carbocycles. The van der Waals surface area contributed by atoms with Crippen molar-refractivity contribution in [2.24, 2.45) is 0 Å². The average molecular weight is 399 g/mol. The Morgan fingerprint density at radius 1 is 1.18 bits per heavy atom. The van der Waals surface area contributed by atoms with Gasteiger partial charge in [-0.15, -0.1) is 0 Å². The number of benzene rings is 1. The fourth-order valence-electron chi connectivity index (χ4n) is 2.99. The van der Waals surface area contributed by atoms with Gasteiger partial charge < -0.3 is 14.4 Å². The summed E-state index contributed by atoms with van der Waals surface area (Å²) in [7, 11) is 3.46. The second kappa shape index (κ2) is 9.93. The van der Waals surface area contributed by atoms with E-state index in [0.717, 1.165) is 31.1 Å². The van der Waals surface area contributed by atoms with E-state index in [-0.39, 0.29) is 19.0 Å². The van der Waals surface area contributed by atoms with Crippen molar-refractivity contribution in [3.63, 3.8) is 0 Å². The zero-order valence-corrected chi connectivity index (χ0v) is 16.8. The lowest BCUT2D eigenvalue weighted by Crippen LogP contribution is -2.19. The van der Waals surface area contributed by atoms with E-state index >= 15 is 0 Å². The first-order valence-corrected chi connectivity index (χ1v) is 9.32. The second-order valence-electron chi connectivity index (χ2n) is 6.86. The number of unbranched alkanes of at least 4 members (excludes halogenated alkanes) is 1. The van der Waals surface area contributed by atoms with Gasteiger partial charge in [-0.3, -0.25) is 5.10 Å². The van der Waals surface area contributed by atoms with E-state index in [2.05, 4.69) is 22.0 Å². The van der Waals surface area contributed by atoms with Crippen LogP contribution in [0.1, 0.15) is 36.6 Å². The smallest absolute Gasteiger partial charge is 0.419 e. The van der Waals surface area contributed by atoms with Crippen LogP contribution in [0, 0.1) is 6.92 Å². The van der Waals surface area contributed by atoms with Crippen LogP contribution in [0.4, 0.5) is 13.2 Å². The highest BCUT2D eigenvalue weighted by atomic mass is 19.4. The number of alkyl halides is 3. The van der Waals surface area contributed by atoms with Crippen LogP contribution >= 0.6 is 0 Å². The van der Waals surface area contributed by atoms with E-state index in [0.29, 0.717) is 23.2 Å². The van der Waals surface area contributed by atoms with Gasteiger partial charge in [-0.25, -0.2) is 0 Å². The SMILES string of the molecule is CCCCN(C)Cc1[nH]ncc1-c1cc(C(F)(F)F)c(OCCOC)cc1C. The Labute approximate surface area is 163 Å². The number of aryl methyl sites for hydroxylation is 1. The highest BCUT2D eigenvalue weighted by molar-refractivity contribution is 5.71. The fourth-order valence-corrected chi connectivity index (χ4v) is 2.99. The van der Waals surface area contributed by atoms with Gasteiger partial charge in [-0.05, 0) is 50.2 Å². The lowest BCUT2D eigenvalue weighted by molar-refractivity contribution is -0.139. The molecule has 0 radical (unpaired) electrons. The van der Waals surface area contributed by atoms with E-state index in [1.54, 1.807) is 13.1 Å². The molecule has 0 aliphatic heterocycles. The maximum atomic E-state index is 13.6. The maximum Gasteiger partial charge on any atom is 0.419 e. The minimum atomic E-state index is -4.52. The standard InChI is InChI=1S/C20H28F3N3O2/c1-5-6-7-26(3)13-18-16(12-24-25-18)15-11-17(20(21,22)23)19(10-14(15)2)28-9-8-27-4/h10-12H,5-9,13H2,1-4H3,(H,24,25). The molecule has 2 rings (SSSR count). The number of H-pyrrole nitrogens is 1. The van der Waals surface area contributed by atoms with Crippen LogP contribution in [0.5, 0.6) is 5.75 Å². The summed E-state index contributed by atoms with van der Waals surface area (Å²) in [5.74, 6) is -0.184. The molecule has 1 heterocycles. The summed E-state index contributed by atoms with van der Waals surface area (Å²) < 4.78 is 51.0. The second-order valence-corrected chi connectivity index (χ2v) is 6.86. The van der Waals surface area contributed by atoms with E-state index in [4.69, 9.17) is 9.47 Å². The predicted octanol–water partition coefficient (Wildman–Crippen LogP) is 4.66. The molecular weight excluding hydrogens is 371 g/mol. The summed E-state index contributed by atoms with van der Waals surface area (Å²) in [6, 6.07) is 2.59. The molecule has 1 aromatic heterocycles. The number of aromatic nitrogens is 2. The minimum Gasteiger partial charge on any atom is -0.491 e. The third kappa shape index (κ3) is 5.72. The minimum absolute atomic E-state index is 0.0531. The molecule has 0 spiro atoms. The van der Waals surface area contributed by atoms with Gasteiger partial charge in [0.15, 0.2) is 0 Å². The van der Waals surface area contributed by atoms with Crippen LogP contribution in [-0.2, 0) is 17.5 Å². The first-order valence-electron chi connectivity index (χ1n) is 9.32. The summed E-state index contributed by atoms with van der Waals surface area (Å²) in [6.45, 7) is 5.66. The van der Waals surface area contributed by atoms with Crippen LogP contribution in [0.2, 0.25) is 0 Å². The number of hydrogen-bond donors (Lipinski definition) is 1. The lowest BCUT2D eigenvalue weighted by atomic mass is 9.97. The summed E-state index contributed by atoms with van der Waals surface area (Å²) in [5.41, 5.74) is 1.87. The average Bonchev–Trinajstić information content (AvgIpc) is 3.07. The third-order valence-electron chi connectivity index (χ3n) is 4.51. The monoisotopic (exact) mass is 399 g/mol. The zero-order chi connectivity index (χ0) is 20.7. The van der Waals surface area contributed by atoms with Crippen molar-refractivity contribution in [3.05, 3.63) is 35.2 Å². The summed E-state index contributed by atoms with van der Waals surface area (Å²) in [5, 5.41) is 7.00. The largest absolute Gasteiger partial charge is 0.491 e. The number of hydrogen-bond acceptors (Lipinski definition) is 4. The normalized spacial score (nSPS) is 12.0. The summed E-state index contributed by atoms with van der Waals surface area (Å²) >= 11 is 0. The van der Waals surface area contributed by atoms with Crippen LogP contribution in [0.3, 0.4) is 0 Å². The van der Waals surface area contributed by atoms with Crippen molar-refractivity contribution in [2.45, 2.75) is 39.4 Å². The highest BCUT2D eigenvalue weighted by Gasteiger charge is 2.35. The number of methoxy groups -OCH3 is 1. The molecule has 0 aliphatic rings. The number of aromatic amines is 1. The Morgan fingerprint density at radius 2 is 1.93 bits per heavy atom. The van der Waals surface area contributed by atoms with Gasteiger partial charge in [0, 0.05) is 19.2 Å². The zero-order valence-electron chi connectivity index (χ0n) is 16.8. The fraction of sp³-hybridized carbons (Fsp3) is 0.550. The van der Waals surface area contributed by atoms with E-state index in [1.165, 1.54) is 13.2 Å². The van der Waals surface area contributed by atoms with Gasteiger partial charge in [0.1, 0.15) is 12.4 Å². The number of halogens is 3. The predicted molar refractivity (Wildman–Crippen MR) is 102 cm³/mol. The number of ether oxygens (including phenoxy) is 2. The number of nitrogens with one attached hydrogen (secondary N) is 1. The van der Waals surface area contributed by atoms with Crippen molar-refractivity contribution < 1.29 is 22.6 Å². The molecule has 5 nitrogen and oxygen atoms in total. The molecule has 0 saturated carbocycles. The maximum absolute atomic E-state index is 13.6. The van der Waals surface area contributed by atoms with Gasteiger partial charge in [0.25, 0.3) is 0 Å². The summed E-state index contributed by atoms with van der Waals surface area (Å²) in [4.78, 5) is 2.13. The van der Waals surface area contributed by atoms with Crippen molar-refractivity contribution in [1.82, 2.24) is 15.1 Å². The van der Waals surface area contributed by atoms with Crippen molar-refractivity contribution in [1.29, 1.82) is 0 Å².